The molecule has 0 fully saturated rings. The molecule has 3 heteroatoms. The third-order valence-electron chi connectivity index (χ3n) is 0.333. The first-order chi connectivity index (χ1) is 2.27. The molecule has 0 rings (SSSR count). The van der Waals surface area contributed by atoms with Crippen molar-refractivity contribution >= 4 is 29.6 Å². The summed E-state index contributed by atoms with van der Waals surface area (Å²) < 4.78 is 0. The van der Waals surface area contributed by atoms with Crippen molar-refractivity contribution in [2.24, 2.45) is 11.5 Å². The summed E-state index contributed by atoms with van der Waals surface area (Å²) in [5.74, 6) is 0.380. The Morgan fingerprint density at radius 1 is 1.50 bits per heavy atom. The average Bonchev–Trinajstić information content (AvgIpc) is 1.38. The number of nitrogens with two attached hydrogens (primary N) is 2. The predicted octanol–water partition coefficient (Wildman–Crippen LogP) is -0.883. The summed E-state index contributed by atoms with van der Waals surface area (Å²) in [4.78, 5) is 0. The van der Waals surface area contributed by atoms with E-state index in [1.165, 1.54) is 0 Å². The molecule has 4 N–H and O–H groups in total. The Labute approximate surface area is 59.9 Å². The summed E-state index contributed by atoms with van der Waals surface area (Å²) >= 11 is 0. The van der Waals surface area contributed by atoms with Gasteiger partial charge in [-0.05, 0) is 13.0 Å². The average molecular weight is 96.1 g/mol. The van der Waals surface area contributed by atoms with Crippen LogP contribution in [-0.4, -0.2) is 29.6 Å². The van der Waals surface area contributed by atoms with E-state index >= 15 is 0 Å². The molecule has 0 aromatic heterocycles. The van der Waals surface area contributed by atoms with E-state index in [9.17, 15) is 0 Å². The first-order valence-electron chi connectivity index (χ1n) is 1.44. The minimum atomic E-state index is 0. The summed E-state index contributed by atoms with van der Waals surface area (Å²) in [7, 11) is 0. The van der Waals surface area contributed by atoms with Gasteiger partial charge in [0.15, 0.2) is 0 Å². The zero-order valence-electron chi connectivity index (χ0n) is 3.23. The second kappa shape index (κ2) is 5.34. The molecule has 0 aromatic carbocycles. The molecule has 0 heterocycles. The summed E-state index contributed by atoms with van der Waals surface area (Å²) in [6.45, 7) is 1.79. The number of allylic oxidation sites excluding steroid dienone is 1. The van der Waals surface area contributed by atoms with Gasteiger partial charge in [-0.25, -0.2) is 0 Å². The molecule has 0 saturated carbocycles. The van der Waals surface area contributed by atoms with Gasteiger partial charge in [-0.1, -0.05) is 0 Å². The van der Waals surface area contributed by atoms with Gasteiger partial charge < -0.3 is 11.5 Å². The van der Waals surface area contributed by atoms with Crippen LogP contribution in [0.4, 0.5) is 0 Å². The summed E-state index contributed by atoms with van der Waals surface area (Å²) in [6.07, 6.45) is 1.64. The third-order valence-corrected chi connectivity index (χ3v) is 0.333. The topological polar surface area (TPSA) is 52.0 Å². The molecule has 0 saturated heterocycles. The van der Waals surface area contributed by atoms with Gasteiger partial charge in [-0.2, -0.15) is 0 Å². The normalized spacial score (nSPS) is 5.50. The van der Waals surface area contributed by atoms with Crippen LogP contribution in [0.2, 0.25) is 0 Å². The van der Waals surface area contributed by atoms with Crippen LogP contribution >= 0.6 is 0 Å². The van der Waals surface area contributed by atoms with Crippen molar-refractivity contribution in [3.05, 3.63) is 11.9 Å². The quantitative estimate of drug-likeness (QED) is 0.385. The molecular weight excluding hydrogens is 87.0 g/mol. The van der Waals surface area contributed by atoms with Gasteiger partial charge in [0, 0.05) is 0 Å². The van der Waals surface area contributed by atoms with E-state index in [0.717, 1.165) is 0 Å². The van der Waals surface area contributed by atoms with Gasteiger partial charge in [0.25, 0.3) is 0 Å². The summed E-state index contributed by atoms with van der Waals surface area (Å²) in [6, 6.07) is 0. The predicted molar refractivity (Wildman–Crippen MR) is 29.3 cm³/mol. The van der Waals surface area contributed by atoms with Crippen molar-refractivity contribution in [3.8, 4) is 0 Å². The number of rotatable bonds is 0. The Balaban J connectivity index is 0. The first kappa shape index (κ1) is 9.60. The Hall–Kier alpha value is 0.340. The molecule has 0 aliphatic rings. The van der Waals surface area contributed by atoms with Crippen LogP contribution in [0.3, 0.4) is 0 Å². The van der Waals surface area contributed by atoms with E-state index in [4.69, 9.17) is 11.5 Å². The van der Waals surface area contributed by atoms with Crippen molar-refractivity contribution in [1.82, 2.24) is 0 Å². The fourth-order valence-electron chi connectivity index (χ4n) is 0. The Morgan fingerprint density at radius 2 is 1.67 bits per heavy atom. The van der Waals surface area contributed by atoms with Gasteiger partial charge in [-0.15, -0.1) is 0 Å². The molecule has 0 bridgehead atoms. The van der Waals surface area contributed by atoms with Crippen LogP contribution in [-0.2, 0) is 0 Å². The molecule has 0 aliphatic carbocycles. The fraction of sp³-hybridized carbons (Fsp3) is 0.333. The second-order valence-corrected chi connectivity index (χ2v) is 0.789. The molecule has 32 valence electrons. The SMILES string of the molecule is CC=C(N)N.[NaH]. The van der Waals surface area contributed by atoms with E-state index < -0.39 is 0 Å². The van der Waals surface area contributed by atoms with E-state index in [0.29, 0.717) is 5.82 Å². The minimum absolute atomic E-state index is 0. The maximum absolute atomic E-state index is 4.93. The fourth-order valence-corrected chi connectivity index (χ4v) is 0. The van der Waals surface area contributed by atoms with E-state index in [-0.39, 0.29) is 29.6 Å². The molecular formula is C3H9N2Na. The van der Waals surface area contributed by atoms with Crippen molar-refractivity contribution in [3.63, 3.8) is 0 Å². The Kier molecular flexibility index (Phi) is 8.54. The van der Waals surface area contributed by atoms with Gasteiger partial charge in [0.2, 0.25) is 0 Å². The van der Waals surface area contributed by atoms with Crippen molar-refractivity contribution in [1.29, 1.82) is 0 Å². The van der Waals surface area contributed by atoms with Crippen LogP contribution in [0.25, 0.3) is 0 Å². The van der Waals surface area contributed by atoms with E-state index in [1.807, 2.05) is 0 Å². The van der Waals surface area contributed by atoms with Crippen LogP contribution in [0, 0.1) is 0 Å². The van der Waals surface area contributed by atoms with E-state index in [1.54, 1.807) is 13.0 Å². The third kappa shape index (κ3) is 8.84. The Morgan fingerprint density at radius 3 is 1.67 bits per heavy atom. The van der Waals surface area contributed by atoms with Gasteiger partial charge in [0.1, 0.15) is 0 Å². The second-order valence-electron chi connectivity index (χ2n) is 0.789. The molecule has 0 radical (unpaired) electrons. The molecule has 0 aliphatic heterocycles. The monoisotopic (exact) mass is 96.1 g/mol. The Bertz CT molecular complexity index is 46.8. The van der Waals surface area contributed by atoms with Crippen LogP contribution in [0.1, 0.15) is 6.92 Å². The first-order valence-corrected chi connectivity index (χ1v) is 1.44. The van der Waals surface area contributed by atoms with Crippen molar-refractivity contribution in [2.75, 3.05) is 0 Å². The van der Waals surface area contributed by atoms with Gasteiger partial charge >= 0.3 is 29.6 Å². The van der Waals surface area contributed by atoms with Crippen molar-refractivity contribution < 1.29 is 0 Å². The zero-order valence-corrected chi connectivity index (χ0v) is 3.23. The molecule has 0 unspecified atom stereocenters. The van der Waals surface area contributed by atoms with Gasteiger partial charge in [-0.3, -0.25) is 0 Å². The van der Waals surface area contributed by atoms with Crippen molar-refractivity contribution in [2.45, 2.75) is 6.92 Å². The molecule has 0 amide bonds. The van der Waals surface area contributed by atoms with Crippen LogP contribution < -0.4 is 11.5 Å². The summed E-state index contributed by atoms with van der Waals surface area (Å²) in [5, 5.41) is 0. The molecule has 0 atom stereocenters. The number of hydrogen-bond acceptors (Lipinski definition) is 2. The summed E-state index contributed by atoms with van der Waals surface area (Å²) in [5.41, 5.74) is 9.86. The maximum atomic E-state index is 4.93. The molecule has 0 aromatic rings. The standard InChI is InChI=1S/C3H8N2.Na.H/c1-2-3(4)5;;/h2H,4-5H2,1H3;;. The van der Waals surface area contributed by atoms with Gasteiger partial charge in [0.05, 0.1) is 5.82 Å². The molecule has 0 spiro atoms. The molecule has 2 nitrogen and oxygen atoms in total. The zero-order chi connectivity index (χ0) is 4.28. The molecule has 6 heavy (non-hydrogen) atoms. The number of hydrogen-bond donors (Lipinski definition) is 2. The van der Waals surface area contributed by atoms with Crippen LogP contribution in [0.15, 0.2) is 11.9 Å². The van der Waals surface area contributed by atoms with Crippen LogP contribution in [0.5, 0.6) is 0 Å². The van der Waals surface area contributed by atoms with E-state index in [2.05, 4.69) is 0 Å².